The van der Waals surface area contributed by atoms with Gasteiger partial charge < -0.3 is 9.47 Å². The van der Waals surface area contributed by atoms with Gasteiger partial charge in [0.15, 0.2) is 11.5 Å². The van der Waals surface area contributed by atoms with Gasteiger partial charge in [0.25, 0.3) is 0 Å². The van der Waals surface area contributed by atoms with E-state index >= 15 is 0 Å². The summed E-state index contributed by atoms with van der Waals surface area (Å²) in [5.41, 5.74) is 0. The average molecular weight is 194 g/mol. The first-order valence-electron chi connectivity index (χ1n) is 5.06. The number of rotatable bonds is 2. The summed E-state index contributed by atoms with van der Waals surface area (Å²) < 4.78 is 11.3. The van der Waals surface area contributed by atoms with Crippen molar-refractivity contribution in [3.05, 3.63) is 36.3 Å². The summed E-state index contributed by atoms with van der Waals surface area (Å²) in [6, 6.07) is 0. The summed E-state index contributed by atoms with van der Waals surface area (Å²) in [5.74, 6) is 2.10. The Labute approximate surface area is 85.9 Å². The van der Waals surface area contributed by atoms with Crippen LogP contribution in [0.5, 0.6) is 0 Å². The van der Waals surface area contributed by atoms with Crippen LogP contribution in [0.2, 0.25) is 0 Å². The first-order chi connectivity index (χ1) is 6.81. The second-order valence-electron chi connectivity index (χ2n) is 3.32. The molecular formula is C12H18O2. The second-order valence-corrected chi connectivity index (χ2v) is 3.32. The van der Waals surface area contributed by atoms with Gasteiger partial charge in [-0.25, -0.2) is 0 Å². The highest BCUT2D eigenvalue weighted by atomic mass is 16.5. The lowest BCUT2D eigenvalue weighted by atomic mass is 10.1. The molecule has 1 saturated heterocycles. The minimum atomic E-state index is 0.487. The van der Waals surface area contributed by atoms with Crippen molar-refractivity contribution in [2.45, 2.75) is 20.3 Å². The van der Waals surface area contributed by atoms with Gasteiger partial charge in [0.1, 0.15) is 0 Å². The van der Waals surface area contributed by atoms with Crippen LogP contribution in [0, 0.1) is 5.92 Å². The molecule has 0 bridgehead atoms. The minimum Gasteiger partial charge on any atom is -0.490 e. The van der Waals surface area contributed by atoms with Crippen molar-refractivity contribution in [2.75, 3.05) is 13.2 Å². The van der Waals surface area contributed by atoms with Crippen molar-refractivity contribution in [1.82, 2.24) is 0 Å². The van der Waals surface area contributed by atoms with Crippen LogP contribution in [0.4, 0.5) is 0 Å². The molecule has 1 aliphatic rings. The Kier molecular flexibility index (Phi) is 4.30. The van der Waals surface area contributed by atoms with Crippen LogP contribution in [0.3, 0.4) is 0 Å². The van der Waals surface area contributed by atoms with Crippen molar-refractivity contribution in [3.63, 3.8) is 0 Å². The molecule has 14 heavy (non-hydrogen) atoms. The van der Waals surface area contributed by atoms with Crippen LogP contribution in [-0.2, 0) is 9.47 Å². The van der Waals surface area contributed by atoms with Crippen molar-refractivity contribution in [1.29, 1.82) is 0 Å². The van der Waals surface area contributed by atoms with E-state index in [9.17, 15) is 0 Å². The van der Waals surface area contributed by atoms with Crippen molar-refractivity contribution >= 4 is 0 Å². The van der Waals surface area contributed by atoms with E-state index in [0.717, 1.165) is 31.2 Å². The fraction of sp³-hybridized carbons (Fsp3) is 0.500. The molecule has 2 heteroatoms. The third kappa shape index (κ3) is 2.66. The molecule has 0 aromatic heterocycles. The molecule has 0 amide bonds. The zero-order valence-electron chi connectivity index (χ0n) is 8.95. The molecule has 1 aliphatic heterocycles. The maximum atomic E-state index is 5.65. The first-order valence-corrected chi connectivity index (χ1v) is 5.06. The third-order valence-electron chi connectivity index (χ3n) is 2.30. The zero-order chi connectivity index (χ0) is 10.4. The normalized spacial score (nSPS) is 28.0. The second kappa shape index (κ2) is 5.53. The molecule has 1 unspecified atom stereocenters. The van der Waals surface area contributed by atoms with Crippen LogP contribution >= 0.6 is 0 Å². The Balaban J connectivity index is 2.75. The lowest BCUT2D eigenvalue weighted by Crippen LogP contribution is -2.09. The molecule has 0 N–H and O–H groups in total. The van der Waals surface area contributed by atoms with E-state index in [4.69, 9.17) is 9.47 Å². The summed E-state index contributed by atoms with van der Waals surface area (Å²) in [6.45, 7) is 9.22. The van der Waals surface area contributed by atoms with Crippen LogP contribution in [0.1, 0.15) is 20.3 Å². The van der Waals surface area contributed by atoms with Crippen molar-refractivity contribution < 1.29 is 9.47 Å². The van der Waals surface area contributed by atoms with E-state index in [1.165, 1.54) is 0 Å². The molecule has 0 aromatic rings. The van der Waals surface area contributed by atoms with Gasteiger partial charge in [-0.05, 0) is 25.5 Å². The van der Waals surface area contributed by atoms with Crippen molar-refractivity contribution in [3.8, 4) is 0 Å². The average Bonchev–Trinajstić information content (AvgIpc) is 2.41. The molecule has 0 aliphatic carbocycles. The van der Waals surface area contributed by atoms with Gasteiger partial charge in [-0.15, -0.1) is 0 Å². The Morgan fingerprint density at radius 2 is 2.00 bits per heavy atom. The van der Waals surface area contributed by atoms with Crippen molar-refractivity contribution in [2.24, 2.45) is 5.92 Å². The highest BCUT2D eigenvalue weighted by molar-refractivity contribution is 5.23. The number of hydrogen-bond donors (Lipinski definition) is 0. The fourth-order valence-electron chi connectivity index (χ4n) is 1.30. The summed E-state index contributed by atoms with van der Waals surface area (Å²) in [7, 11) is 0. The molecule has 2 nitrogen and oxygen atoms in total. The van der Waals surface area contributed by atoms with Gasteiger partial charge in [-0.3, -0.25) is 0 Å². The lowest BCUT2D eigenvalue weighted by molar-refractivity contribution is 0.159. The predicted octanol–water partition coefficient (Wildman–Crippen LogP) is 3.03. The zero-order valence-corrected chi connectivity index (χ0v) is 8.95. The van der Waals surface area contributed by atoms with Gasteiger partial charge in [0, 0.05) is 5.92 Å². The van der Waals surface area contributed by atoms with Gasteiger partial charge in [0.05, 0.1) is 13.2 Å². The lowest BCUT2D eigenvalue weighted by Gasteiger charge is -2.08. The molecule has 0 aromatic carbocycles. The van der Waals surface area contributed by atoms with Crippen LogP contribution in [0.15, 0.2) is 36.3 Å². The molecule has 1 fully saturated rings. The highest BCUT2D eigenvalue weighted by Gasteiger charge is 2.17. The summed E-state index contributed by atoms with van der Waals surface area (Å²) in [5, 5.41) is 0. The molecule has 1 atom stereocenters. The standard InChI is InChI=1S/C12H18O2/c1-4-7-12-11(6-3)13-8-10(5-2)9-14-12/h4,6-7,10H,1,5,8-9H2,2-3H3/b11-6+,12-7+. The van der Waals surface area contributed by atoms with Gasteiger partial charge >= 0.3 is 0 Å². The third-order valence-corrected chi connectivity index (χ3v) is 2.30. The van der Waals surface area contributed by atoms with Gasteiger partial charge in [-0.2, -0.15) is 0 Å². The molecule has 0 radical (unpaired) electrons. The Hall–Kier alpha value is -1.18. The molecule has 78 valence electrons. The Morgan fingerprint density at radius 1 is 1.36 bits per heavy atom. The van der Waals surface area contributed by atoms with E-state index < -0.39 is 0 Å². The summed E-state index contributed by atoms with van der Waals surface area (Å²) in [6.07, 6.45) is 6.56. The molecule has 0 saturated carbocycles. The topological polar surface area (TPSA) is 18.5 Å². The molecule has 0 spiro atoms. The Morgan fingerprint density at radius 3 is 2.50 bits per heavy atom. The monoisotopic (exact) mass is 194 g/mol. The maximum absolute atomic E-state index is 5.65. The molecular weight excluding hydrogens is 176 g/mol. The number of ether oxygens (including phenoxy) is 2. The smallest absolute Gasteiger partial charge is 0.160 e. The fourth-order valence-corrected chi connectivity index (χ4v) is 1.30. The Bertz CT molecular complexity index is 251. The summed E-state index contributed by atoms with van der Waals surface area (Å²) >= 11 is 0. The van der Waals surface area contributed by atoms with E-state index in [2.05, 4.69) is 13.5 Å². The van der Waals surface area contributed by atoms with Crippen LogP contribution in [-0.4, -0.2) is 13.2 Å². The van der Waals surface area contributed by atoms with E-state index in [1.54, 1.807) is 6.08 Å². The SMILES string of the molecule is C=C/C=C1/OCC(CC)CO/C1=C/C. The summed E-state index contributed by atoms with van der Waals surface area (Å²) in [4.78, 5) is 0. The quantitative estimate of drug-likeness (QED) is 0.672. The number of allylic oxidation sites excluding steroid dienone is 3. The van der Waals surface area contributed by atoms with Crippen LogP contribution in [0.25, 0.3) is 0 Å². The molecule has 1 heterocycles. The highest BCUT2D eigenvalue weighted by Crippen LogP contribution is 2.21. The van der Waals surface area contributed by atoms with E-state index in [-0.39, 0.29) is 0 Å². The molecule has 1 rings (SSSR count). The first kappa shape index (κ1) is 10.9. The predicted molar refractivity (Wildman–Crippen MR) is 57.7 cm³/mol. The van der Waals surface area contributed by atoms with E-state index in [1.807, 2.05) is 19.1 Å². The number of hydrogen-bond acceptors (Lipinski definition) is 2. The van der Waals surface area contributed by atoms with Gasteiger partial charge in [0.2, 0.25) is 0 Å². The van der Waals surface area contributed by atoms with Crippen LogP contribution < -0.4 is 0 Å². The largest absolute Gasteiger partial charge is 0.490 e. The van der Waals surface area contributed by atoms with Gasteiger partial charge in [-0.1, -0.05) is 19.6 Å². The van der Waals surface area contributed by atoms with E-state index in [0.29, 0.717) is 5.92 Å². The minimum absolute atomic E-state index is 0.487. The maximum Gasteiger partial charge on any atom is 0.160 e.